The van der Waals surface area contributed by atoms with Crippen molar-refractivity contribution in [3.63, 3.8) is 0 Å². The van der Waals surface area contributed by atoms with Gasteiger partial charge in [0.25, 0.3) is 0 Å². The molecule has 0 spiro atoms. The molecule has 0 amide bonds. The molecule has 0 unspecified atom stereocenters. The summed E-state index contributed by atoms with van der Waals surface area (Å²) in [4.78, 5) is 28.4. The number of carbonyl (C=O) groups is 1. The third kappa shape index (κ3) is 1.85. The van der Waals surface area contributed by atoms with Crippen LogP contribution in [0.3, 0.4) is 0 Å². The Morgan fingerprint density at radius 3 is 2.81 bits per heavy atom. The Morgan fingerprint density at radius 1 is 1.50 bits per heavy atom. The van der Waals surface area contributed by atoms with Gasteiger partial charge in [-0.25, -0.2) is 9.59 Å². The molecule has 1 aromatic rings. The zero-order valence-electron chi connectivity index (χ0n) is 9.33. The van der Waals surface area contributed by atoms with Crippen LogP contribution < -0.4 is 5.69 Å². The molecule has 0 fully saturated rings. The number of aryl methyl sites for hydroxylation is 1. The molecule has 0 aliphatic heterocycles. The van der Waals surface area contributed by atoms with E-state index < -0.39 is 11.7 Å². The molecule has 86 valence electrons. The highest BCUT2D eigenvalue weighted by molar-refractivity contribution is 5.87. The van der Waals surface area contributed by atoms with Crippen LogP contribution in [0, 0.1) is 5.41 Å². The molecule has 0 aromatic carbocycles. The number of carboxylic acid groups (broad SMARTS) is 1. The molecule has 1 aliphatic carbocycles. The number of aromatic nitrogens is 2. The van der Waals surface area contributed by atoms with Gasteiger partial charge in [-0.15, -0.1) is 0 Å². The van der Waals surface area contributed by atoms with Crippen molar-refractivity contribution in [3.8, 4) is 0 Å². The van der Waals surface area contributed by atoms with Gasteiger partial charge in [-0.05, 0) is 24.7 Å². The Bertz CT molecular complexity index is 502. The summed E-state index contributed by atoms with van der Waals surface area (Å²) in [6.45, 7) is 4.18. The minimum atomic E-state index is -1.12. The van der Waals surface area contributed by atoms with Crippen molar-refractivity contribution in [3.05, 3.63) is 27.4 Å². The van der Waals surface area contributed by atoms with Crippen LogP contribution in [0.5, 0.6) is 0 Å². The number of carboxylic acids is 1. The van der Waals surface area contributed by atoms with Crippen LogP contribution in [-0.2, 0) is 12.8 Å². The minimum Gasteiger partial charge on any atom is -0.476 e. The number of H-pyrrole nitrogens is 1. The molecule has 5 heteroatoms. The average molecular weight is 222 g/mol. The van der Waals surface area contributed by atoms with Gasteiger partial charge < -0.3 is 10.1 Å². The van der Waals surface area contributed by atoms with Gasteiger partial charge >= 0.3 is 11.7 Å². The van der Waals surface area contributed by atoms with E-state index in [0.29, 0.717) is 18.4 Å². The van der Waals surface area contributed by atoms with E-state index in [9.17, 15) is 9.59 Å². The van der Waals surface area contributed by atoms with Crippen molar-refractivity contribution in [1.82, 2.24) is 9.97 Å². The van der Waals surface area contributed by atoms with Crippen molar-refractivity contribution < 1.29 is 9.90 Å². The lowest BCUT2D eigenvalue weighted by molar-refractivity contribution is 0.0687. The third-order valence-electron chi connectivity index (χ3n) is 3.03. The van der Waals surface area contributed by atoms with Crippen LogP contribution in [0.1, 0.15) is 42.0 Å². The van der Waals surface area contributed by atoms with Crippen molar-refractivity contribution in [2.75, 3.05) is 0 Å². The molecule has 2 N–H and O–H groups in total. The van der Waals surface area contributed by atoms with Gasteiger partial charge in [0.15, 0.2) is 5.69 Å². The fourth-order valence-electron chi connectivity index (χ4n) is 2.16. The van der Waals surface area contributed by atoms with Gasteiger partial charge in [0, 0.05) is 11.3 Å². The summed E-state index contributed by atoms with van der Waals surface area (Å²) >= 11 is 0. The Kier molecular flexibility index (Phi) is 2.33. The second-order valence-electron chi connectivity index (χ2n) is 4.99. The molecule has 1 aromatic heterocycles. The number of hydrogen-bond donors (Lipinski definition) is 2. The molecule has 5 nitrogen and oxygen atoms in total. The molecule has 1 aliphatic rings. The van der Waals surface area contributed by atoms with Gasteiger partial charge in [-0.2, -0.15) is 4.98 Å². The summed E-state index contributed by atoms with van der Waals surface area (Å²) in [5.41, 5.74) is 0.819. The third-order valence-corrected chi connectivity index (χ3v) is 3.03. The number of aromatic carboxylic acids is 1. The minimum absolute atomic E-state index is 0.0666. The smallest absolute Gasteiger partial charge is 0.355 e. The Labute approximate surface area is 92.5 Å². The van der Waals surface area contributed by atoms with Crippen LogP contribution in [0.25, 0.3) is 0 Å². The molecule has 0 atom stereocenters. The maximum Gasteiger partial charge on any atom is 0.355 e. The lowest BCUT2D eigenvalue weighted by atomic mass is 9.75. The SMILES string of the molecule is CC1(C)CCc2[nH]c(=O)nc(C(=O)O)c2C1. The van der Waals surface area contributed by atoms with Crippen molar-refractivity contribution in [1.29, 1.82) is 0 Å². The van der Waals surface area contributed by atoms with E-state index in [-0.39, 0.29) is 11.1 Å². The first-order valence-electron chi connectivity index (χ1n) is 5.24. The van der Waals surface area contributed by atoms with Crippen molar-refractivity contribution in [2.24, 2.45) is 5.41 Å². The van der Waals surface area contributed by atoms with Crippen molar-refractivity contribution >= 4 is 5.97 Å². The largest absolute Gasteiger partial charge is 0.476 e. The van der Waals surface area contributed by atoms with Crippen LogP contribution in [0.15, 0.2) is 4.79 Å². The summed E-state index contributed by atoms with van der Waals surface area (Å²) in [7, 11) is 0. The van der Waals surface area contributed by atoms with E-state index in [2.05, 4.69) is 23.8 Å². The van der Waals surface area contributed by atoms with Gasteiger partial charge in [0.2, 0.25) is 0 Å². The Balaban J connectivity index is 2.60. The summed E-state index contributed by atoms with van der Waals surface area (Å²) < 4.78 is 0. The molecule has 1 heterocycles. The maximum absolute atomic E-state index is 11.2. The number of nitrogens with one attached hydrogen (secondary N) is 1. The van der Waals surface area contributed by atoms with Crippen LogP contribution in [-0.4, -0.2) is 21.0 Å². The average Bonchev–Trinajstić information content (AvgIpc) is 2.16. The molecule has 0 radical (unpaired) electrons. The second kappa shape index (κ2) is 3.43. The van der Waals surface area contributed by atoms with Gasteiger partial charge in [0.05, 0.1) is 0 Å². The Morgan fingerprint density at radius 2 is 2.19 bits per heavy atom. The number of rotatable bonds is 1. The standard InChI is InChI=1S/C11H14N2O3/c1-11(2)4-3-7-6(5-11)8(9(14)15)13-10(16)12-7/h3-5H2,1-2H3,(H,14,15)(H,12,13,16). The first-order valence-corrected chi connectivity index (χ1v) is 5.24. The van der Waals surface area contributed by atoms with Crippen molar-refractivity contribution in [2.45, 2.75) is 33.1 Å². The van der Waals surface area contributed by atoms with E-state index in [4.69, 9.17) is 5.11 Å². The fourth-order valence-corrected chi connectivity index (χ4v) is 2.16. The molecule has 0 saturated carbocycles. The predicted molar refractivity (Wildman–Crippen MR) is 57.6 cm³/mol. The topological polar surface area (TPSA) is 83.0 Å². The Hall–Kier alpha value is -1.65. The summed E-state index contributed by atoms with van der Waals surface area (Å²) in [6, 6.07) is 0. The van der Waals surface area contributed by atoms with Crippen LogP contribution in [0.4, 0.5) is 0 Å². The fraction of sp³-hybridized carbons (Fsp3) is 0.545. The molecule has 0 bridgehead atoms. The monoisotopic (exact) mass is 222 g/mol. The van der Waals surface area contributed by atoms with Crippen LogP contribution in [0.2, 0.25) is 0 Å². The van der Waals surface area contributed by atoms with E-state index in [1.807, 2.05) is 0 Å². The highest BCUT2D eigenvalue weighted by Gasteiger charge is 2.30. The number of aromatic amines is 1. The summed E-state index contributed by atoms with van der Waals surface area (Å²) in [5, 5.41) is 9.02. The normalized spacial score (nSPS) is 17.9. The molecular formula is C11H14N2O3. The van der Waals surface area contributed by atoms with Gasteiger partial charge in [-0.3, -0.25) is 0 Å². The lowest BCUT2D eigenvalue weighted by Crippen LogP contribution is -2.30. The van der Waals surface area contributed by atoms with Gasteiger partial charge in [0.1, 0.15) is 0 Å². The molecule has 0 saturated heterocycles. The predicted octanol–water partition coefficient (Wildman–Crippen LogP) is 0.983. The number of nitrogens with zero attached hydrogens (tertiary/aromatic N) is 1. The lowest BCUT2D eigenvalue weighted by Gasteiger charge is -2.31. The van der Waals surface area contributed by atoms with E-state index in [0.717, 1.165) is 12.1 Å². The zero-order valence-corrected chi connectivity index (χ0v) is 9.33. The van der Waals surface area contributed by atoms with E-state index >= 15 is 0 Å². The quantitative estimate of drug-likeness (QED) is 0.742. The molecule has 2 rings (SSSR count). The first-order chi connectivity index (χ1) is 7.39. The first kappa shape index (κ1) is 10.9. The van der Waals surface area contributed by atoms with E-state index in [1.54, 1.807) is 0 Å². The zero-order chi connectivity index (χ0) is 11.9. The van der Waals surface area contributed by atoms with Gasteiger partial charge in [-0.1, -0.05) is 13.8 Å². The van der Waals surface area contributed by atoms with Crippen LogP contribution >= 0.6 is 0 Å². The summed E-state index contributed by atoms with van der Waals surface area (Å²) in [6.07, 6.45) is 2.30. The van der Waals surface area contributed by atoms with E-state index in [1.165, 1.54) is 0 Å². The second-order valence-corrected chi connectivity index (χ2v) is 4.99. The number of fused-ring (bicyclic) bond motifs is 1. The highest BCUT2D eigenvalue weighted by atomic mass is 16.4. The number of hydrogen-bond acceptors (Lipinski definition) is 3. The summed E-state index contributed by atoms with van der Waals surface area (Å²) in [5.74, 6) is -1.12. The molecule has 16 heavy (non-hydrogen) atoms. The molecular weight excluding hydrogens is 208 g/mol. The highest BCUT2D eigenvalue weighted by Crippen LogP contribution is 2.34. The maximum atomic E-state index is 11.2.